The van der Waals surface area contributed by atoms with Crippen LogP contribution in [0, 0.1) is 5.41 Å². The smallest absolute Gasteiger partial charge is 0.00440 e. The van der Waals surface area contributed by atoms with Crippen molar-refractivity contribution in [3.05, 3.63) is 53.1 Å². The molecule has 1 aromatic rings. The molecule has 0 amide bonds. The van der Waals surface area contributed by atoms with Crippen molar-refractivity contribution < 1.29 is 0 Å². The topological polar surface area (TPSA) is 0 Å². The molecule has 0 saturated carbocycles. The molecular weight excluding hydrogens is 252 g/mol. The van der Waals surface area contributed by atoms with E-state index in [2.05, 4.69) is 71.0 Å². The molecule has 21 heavy (non-hydrogen) atoms. The SMILES string of the molecule is CCCC(CCC)c1ccc(C2=CC(C)(C)C(C)=C2)cc1. The molecule has 0 heteroatoms. The average molecular weight is 282 g/mol. The Morgan fingerprint density at radius 3 is 1.95 bits per heavy atom. The Kier molecular flexibility index (Phi) is 5.08. The maximum Gasteiger partial charge on any atom is 0.00440 e. The van der Waals surface area contributed by atoms with Crippen LogP contribution in [-0.4, -0.2) is 0 Å². The van der Waals surface area contributed by atoms with Crippen LogP contribution >= 0.6 is 0 Å². The van der Waals surface area contributed by atoms with Crippen molar-refractivity contribution in [2.45, 2.75) is 66.2 Å². The predicted octanol–water partition coefficient (Wildman–Crippen LogP) is 6.74. The van der Waals surface area contributed by atoms with Crippen LogP contribution in [-0.2, 0) is 0 Å². The van der Waals surface area contributed by atoms with Gasteiger partial charge < -0.3 is 0 Å². The summed E-state index contributed by atoms with van der Waals surface area (Å²) in [5, 5.41) is 0. The minimum absolute atomic E-state index is 0.209. The van der Waals surface area contributed by atoms with Crippen molar-refractivity contribution in [2.24, 2.45) is 5.41 Å². The Balaban J connectivity index is 2.20. The van der Waals surface area contributed by atoms with Gasteiger partial charge in [0.1, 0.15) is 0 Å². The van der Waals surface area contributed by atoms with Gasteiger partial charge in [-0.05, 0) is 42.4 Å². The Bertz CT molecular complexity index is 520. The highest BCUT2D eigenvalue weighted by atomic mass is 14.3. The highest BCUT2D eigenvalue weighted by molar-refractivity contribution is 5.79. The zero-order chi connectivity index (χ0) is 15.5. The third-order valence-electron chi connectivity index (χ3n) is 4.89. The molecule has 114 valence electrons. The summed E-state index contributed by atoms with van der Waals surface area (Å²) < 4.78 is 0. The molecule has 0 aliphatic heterocycles. The number of rotatable bonds is 6. The van der Waals surface area contributed by atoms with Gasteiger partial charge in [-0.15, -0.1) is 0 Å². The molecule has 1 aliphatic carbocycles. The van der Waals surface area contributed by atoms with Gasteiger partial charge in [0.2, 0.25) is 0 Å². The molecule has 0 heterocycles. The lowest BCUT2D eigenvalue weighted by Gasteiger charge is -2.17. The van der Waals surface area contributed by atoms with E-state index in [1.165, 1.54) is 48.0 Å². The largest absolute Gasteiger partial charge is 0.0670 e. The summed E-state index contributed by atoms with van der Waals surface area (Å²) in [6.45, 7) is 11.4. The first-order chi connectivity index (χ1) is 9.97. The number of benzene rings is 1. The van der Waals surface area contributed by atoms with E-state index < -0.39 is 0 Å². The molecule has 1 aliphatic rings. The van der Waals surface area contributed by atoms with E-state index >= 15 is 0 Å². The third kappa shape index (κ3) is 3.67. The summed E-state index contributed by atoms with van der Waals surface area (Å²) in [4.78, 5) is 0. The third-order valence-corrected chi connectivity index (χ3v) is 4.89. The fraction of sp³-hybridized carbons (Fsp3) is 0.524. The number of allylic oxidation sites excluding steroid dienone is 4. The molecule has 0 bridgehead atoms. The van der Waals surface area contributed by atoms with Crippen molar-refractivity contribution in [3.63, 3.8) is 0 Å². The Labute approximate surface area is 131 Å². The standard InChI is InChI=1S/C21H30/c1-6-8-17(9-7-2)18-10-12-19(13-11-18)20-14-16(3)21(4,5)15-20/h10-15,17H,6-9H2,1-5H3. The van der Waals surface area contributed by atoms with Crippen LogP contribution in [0.25, 0.3) is 5.57 Å². The van der Waals surface area contributed by atoms with Crippen LogP contribution < -0.4 is 0 Å². The minimum Gasteiger partial charge on any atom is -0.0670 e. The van der Waals surface area contributed by atoms with Gasteiger partial charge in [0, 0.05) is 5.41 Å². The van der Waals surface area contributed by atoms with Crippen molar-refractivity contribution in [1.82, 2.24) is 0 Å². The van der Waals surface area contributed by atoms with Crippen LogP contribution in [0.5, 0.6) is 0 Å². The summed E-state index contributed by atoms with van der Waals surface area (Å²) in [7, 11) is 0. The summed E-state index contributed by atoms with van der Waals surface area (Å²) >= 11 is 0. The summed E-state index contributed by atoms with van der Waals surface area (Å²) in [5.74, 6) is 0.736. The zero-order valence-electron chi connectivity index (χ0n) is 14.4. The molecule has 0 nitrogen and oxygen atoms in total. The van der Waals surface area contributed by atoms with Crippen LogP contribution in [0.2, 0.25) is 0 Å². The average Bonchev–Trinajstić information content (AvgIpc) is 2.73. The lowest BCUT2D eigenvalue weighted by Crippen LogP contribution is -2.04. The lowest BCUT2D eigenvalue weighted by atomic mass is 9.88. The first-order valence-electron chi connectivity index (χ1n) is 8.50. The summed E-state index contributed by atoms with van der Waals surface area (Å²) in [6, 6.07) is 9.32. The second-order valence-corrected chi connectivity index (χ2v) is 7.04. The van der Waals surface area contributed by atoms with E-state index in [1.54, 1.807) is 0 Å². The number of hydrogen-bond donors (Lipinski definition) is 0. The highest BCUT2D eigenvalue weighted by Gasteiger charge is 2.23. The summed E-state index contributed by atoms with van der Waals surface area (Å²) in [6.07, 6.45) is 9.89. The Hall–Kier alpha value is -1.30. The second-order valence-electron chi connectivity index (χ2n) is 7.04. The molecule has 0 radical (unpaired) electrons. The predicted molar refractivity (Wildman–Crippen MR) is 94.5 cm³/mol. The monoisotopic (exact) mass is 282 g/mol. The van der Waals surface area contributed by atoms with Crippen LogP contribution in [0.15, 0.2) is 42.0 Å². The highest BCUT2D eigenvalue weighted by Crippen LogP contribution is 2.39. The van der Waals surface area contributed by atoms with Gasteiger partial charge in [0.25, 0.3) is 0 Å². The lowest BCUT2D eigenvalue weighted by molar-refractivity contribution is 0.561. The molecule has 1 aromatic carbocycles. The molecule has 0 atom stereocenters. The Morgan fingerprint density at radius 2 is 1.52 bits per heavy atom. The maximum atomic E-state index is 2.40. The van der Waals surface area contributed by atoms with Crippen molar-refractivity contribution in [1.29, 1.82) is 0 Å². The first kappa shape index (κ1) is 16.1. The van der Waals surface area contributed by atoms with E-state index in [0.29, 0.717) is 0 Å². The zero-order valence-corrected chi connectivity index (χ0v) is 14.4. The van der Waals surface area contributed by atoms with Gasteiger partial charge in [-0.1, -0.05) is 82.5 Å². The fourth-order valence-corrected chi connectivity index (χ4v) is 3.25. The van der Waals surface area contributed by atoms with E-state index in [-0.39, 0.29) is 5.41 Å². The summed E-state index contributed by atoms with van der Waals surface area (Å²) in [5.41, 5.74) is 5.92. The van der Waals surface area contributed by atoms with E-state index in [0.717, 1.165) is 5.92 Å². The van der Waals surface area contributed by atoms with Gasteiger partial charge in [0.05, 0.1) is 0 Å². The van der Waals surface area contributed by atoms with Crippen molar-refractivity contribution in [3.8, 4) is 0 Å². The molecule has 0 N–H and O–H groups in total. The van der Waals surface area contributed by atoms with Crippen LogP contribution in [0.4, 0.5) is 0 Å². The first-order valence-corrected chi connectivity index (χ1v) is 8.50. The second kappa shape index (κ2) is 6.64. The molecule has 0 spiro atoms. The Morgan fingerprint density at radius 1 is 0.952 bits per heavy atom. The normalized spacial score (nSPS) is 17.0. The van der Waals surface area contributed by atoms with Crippen molar-refractivity contribution >= 4 is 5.57 Å². The van der Waals surface area contributed by atoms with Gasteiger partial charge in [-0.2, -0.15) is 0 Å². The van der Waals surface area contributed by atoms with Crippen LogP contribution in [0.3, 0.4) is 0 Å². The van der Waals surface area contributed by atoms with Gasteiger partial charge in [-0.25, -0.2) is 0 Å². The molecule has 0 unspecified atom stereocenters. The van der Waals surface area contributed by atoms with Crippen molar-refractivity contribution in [2.75, 3.05) is 0 Å². The molecule has 0 saturated heterocycles. The maximum absolute atomic E-state index is 2.40. The molecule has 0 aromatic heterocycles. The van der Waals surface area contributed by atoms with E-state index in [1.807, 2.05) is 0 Å². The minimum atomic E-state index is 0.209. The molecular formula is C21H30. The van der Waals surface area contributed by atoms with E-state index in [9.17, 15) is 0 Å². The van der Waals surface area contributed by atoms with Gasteiger partial charge in [-0.3, -0.25) is 0 Å². The van der Waals surface area contributed by atoms with Gasteiger partial charge >= 0.3 is 0 Å². The number of hydrogen-bond acceptors (Lipinski definition) is 0. The van der Waals surface area contributed by atoms with E-state index in [4.69, 9.17) is 0 Å². The van der Waals surface area contributed by atoms with Gasteiger partial charge in [0.15, 0.2) is 0 Å². The fourth-order valence-electron chi connectivity index (χ4n) is 3.25. The molecule has 0 fully saturated rings. The molecule has 2 rings (SSSR count). The van der Waals surface area contributed by atoms with Crippen LogP contribution in [0.1, 0.15) is 77.3 Å². The quantitative estimate of drug-likeness (QED) is 0.542.